The highest BCUT2D eigenvalue weighted by Gasteiger charge is 2.12. The molecule has 1 atom stereocenters. The average Bonchev–Trinajstić information content (AvgIpc) is 2.91. The number of ether oxygens (including phenoxy) is 1. The number of aromatic nitrogens is 2. The minimum Gasteiger partial charge on any atom is -0.378 e. The first-order chi connectivity index (χ1) is 11.1. The van der Waals surface area contributed by atoms with Gasteiger partial charge in [0.05, 0.1) is 18.8 Å². The van der Waals surface area contributed by atoms with Gasteiger partial charge < -0.3 is 15.4 Å². The standard InChI is InChI=1S/C17H33N5O.HI/c1-6-18-17(19-9-8-16(14(3)4)23-7-2)20-10-11-22-13-15(5)12-21-22;/h12-14,16H,6-11H2,1-5H3,(H2,18,19,20);1H. The van der Waals surface area contributed by atoms with Gasteiger partial charge in [0.15, 0.2) is 5.96 Å². The van der Waals surface area contributed by atoms with Gasteiger partial charge in [0.1, 0.15) is 0 Å². The van der Waals surface area contributed by atoms with E-state index in [9.17, 15) is 0 Å². The molecule has 1 aromatic heterocycles. The fraction of sp³-hybridized carbons (Fsp3) is 0.765. The lowest BCUT2D eigenvalue weighted by atomic mass is 10.0. The van der Waals surface area contributed by atoms with Gasteiger partial charge in [-0.2, -0.15) is 5.10 Å². The van der Waals surface area contributed by atoms with Crippen LogP contribution in [0.2, 0.25) is 0 Å². The van der Waals surface area contributed by atoms with Crippen LogP contribution in [0.5, 0.6) is 0 Å². The molecule has 0 saturated heterocycles. The molecule has 0 spiro atoms. The number of aliphatic imine (C=N–C) groups is 1. The molecule has 6 nitrogen and oxygen atoms in total. The summed E-state index contributed by atoms with van der Waals surface area (Å²) < 4.78 is 7.71. The maximum absolute atomic E-state index is 5.76. The molecule has 0 amide bonds. The molecule has 0 aliphatic heterocycles. The van der Waals surface area contributed by atoms with Crippen molar-refractivity contribution in [2.45, 2.75) is 53.7 Å². The van der Waals surface area contributed by atoms with E-state index in [1.165, 1.54) is 5.56 Å². The van der Waals surface area contributed by atoms with Crippen molar-refractivity contribution in [2.75, 3.05) is 26.2 Å². The van der Waals surface area contributed by atoms with Crippen molar-refractivity contribution >= 4 is 29.9 Å². The first-order valence-corrected chi connectivity index (χ1v) is 8.69. The Kier molecular flexibility index (Phi) is 13.0. The normalized spacial score (nSPS) is 12.8. The third-order valence-electron chi connectivity index (χ3n) is 3.55. The van der Waals surface area contributed by atoms with Crippen LogP contribution in [-0.4, -0.2) is 48.1 Å². The van der Waals surface area contributed by atoms with E-state index in [4.69, 9.17) is 4.74 Å². The second-order valence-electron chi connectivity index (χ2n) is 5.99. The molecule has 0 saturated carbocycles. The summed E-state index contributed by atoms with van der Waals surface area (Å²) in [5.74, 6) is 1.37. The van der Waals surface area contributed by atoms with Crippen LogP contribution < -0.4 is 10.6 Å². The lowest BCUT2D eigenvalue weighted by Gasteiger charge is -2.20. The molecule has 1 rings (SSSR count). The molecule has 1 aromatic rings. The van der Waals surface area contributed by atoms with Gasteiger partial charge in [0.2, 0.25) is 0 Å². The molecule has 1 unspecified atom stereocenters. The Morgan fingerprint density at radius 3 is 2.62 bits per heavy atom. The van der Waals surface area contributed by atoms with Crippen LogP contribution in [0.25, 0.3) is 0 Å². The summed E-state index contributed by atoms with van der Waals surface area (Å²) in [5.41, 5.74) is 1.18. The first kappa shape index (κ1) is 23.2. The Morgan fingerprint density at radius 2 is 2.08 bits per heavy atom. The average molecular weight is 451 g/mol. The van der Waals surface area contributed by atoms with E-state index in [-0.39, 0.29) is 30.1 Å². The summed E-state index contributed by atoms with van der Waals surface area (Å²) in [4.78, 5) is 4.64. The van der Waals surface area contributed by atoms with Crippen molar-refractivity contribution in [1.82, 2.24) is 20.4 Å². The number of halogens is 1. The Morgan fingerprint density at radius 1 is 1.33 bits per heavy atom. The van der Waals surface area contributed by atoms with Gasteiger partial charge in [-0.3, -0.25) is 9.67 Å². The van der Waals surface area contributed by atoms with Gasteiger partial charge in [0, 0.05) is 32.4 Å². The van der Waals surface area contributed by atoms with Crippen molar-refractivity contribution in [3.63, 3.8) is 0 Å². The Balaban J connectivity index is 0.00000529. The lowest BCUT2D eigenvalue weighted by molar-refractivity contribution is 0.0266. The van der Waals surface area contributed by atoms with Gasteiger partial charge in [0.25, 0.3) is 0 Å². The monoisotopic (exact) mass is 451 g/mol. The van der Waals surface area contributed by atoms with Crippen molar-refractivity contribution in [3.05, 3.63) is 18.0 Å². The molecule has 140 valence electrons. The number of hydrogen-bond donors (Lipinski definition) is 2. The molecule has 0 fully saturated rings. The summed E-state index contributed by atoms with van der Waals surface area (Å²) in [5, 5.41) is 10.9. The van der Waals surface area contributed by atoms with Crippen LogP contribution >= 0.6 is 24.0 Å². The van der Waals surface area contributed by atoms with Crippen LogP contribution in [0.3, 0.4) is 0 Å². The number of hydrogen-bond acceptors (Lipinski definition) is 3. The minimum absolute atomic E-state index is 0. The van der Waals surface area contributed by atoms with Gasteiger partial charge >= 0.3 is 0 Å². The number of nitrogens with one attached hydrogen (secondary N) is 2. The SMILES string of the molecule is CCNC(=NCCC(OCC)C(C)C)NCCn1cc(C)cn1.I. The summed E-state index contributed by atoms with van der Waals surface area (Å²) in [6.45, 7) is 14.5. The van der Waals surface area contributed by atoms with Crippen LogP contribution in [0.4, 0.5) is 0 Å². The van der Waals surface area contributed by atoms with Crippen LogP contribution in [0, 0.1) is 12.8 Å². The zero-order valence-corrected chi connectivity index (χ0v) is 18.0. The fourth-order valence-corrected chi connectivity index (χ4v) is 2.35. The highest BCUT2D eigenvalue weighted by molar-refractivity contribution is 14.0. The molecule has 0 aliphatic rings. The molecular weight excluding hydrogens is 417 g/mol. The van der Waals surface area contributed by atoms with Gasteiger partial charge in [-0.15, -0.1) is 24.0 Å². The number of guanidine groups is 1. The molecule has 1 heterocycles. The molecule has 24 heavy (non-hydrogen) atoms. The number of rotatable bonds is 10. The third-order valence-corrected chi connectivity index (χ3v) is 3.55. The smallest absolute Gasteiger partial charge is 0.191 e. The van der Waals surface area contributed by atoms with Gasteiger partial charge in [-0.25, -0.2) is 0 Å². The largest absolute Gasteiger partial charge is 0.378 e. The minimum atomic E-state index is 0. The Hall–Kier alpha value is -0.830. The summed E-state index contributed by atoms with van der Waals surface area (Å²) in [6.07, 6.45) is 5.14. The summed E-state index contributed by atoms with van der Waals surface area (Å²) >= 11 is 0. The van der Waals surface area contributed by atoms with Gasteiger partial charge in [-0.05, 0) is 38.7 Å². The number of aryl methyl sites for hydroxylation is 1. The second kappa shape index (κ2) is 13.5. The summed E-state index contributed by atoms with van der Waals surface area (Å²) in [7, 11) is 0. The number of nitrogens with zero attached hydrogens (tertiary/aromatic N) is 3. The fourth-order valence-electron chi connectivity index (χ4n) is 2.35. The van der Waals surface area contributed by atoms with Crippen LogP contribution in [0.1, 0.15) is 39.7 Å². The maximum atomic E-state index is 5.76. The van der Waals surface area contributed by atoms with Gasteiger partial charge in [-0.1, -0.05) is 13.8 Å². The second-order valence-corrected chi connectivity index (χ2v) is 5.99. The van der Waals surface area contributed by atoms with Crippen LogP contribution in [-0.2, 0) is 11.3 Å². The predicted octanol–water partition coefficient (Wildman–Crippen LogP) is 2.82. The molecule has 0 aromatic carbocycles. The highest BCUT2D eigenvalue weighted by Crippen LogP contribution is 2.10. The molecule has 7 heteroatoms. The molecular formula is C17H34IN5O. The molecule has 0 radical (unpaired) electrons. The zero-order valence-electron chi connectivity index (χ0n) is 15.7. The topological polar surface area (TPSA) is 63.5 Å². The van der Waals surface area contributed by atoms with E-state index in [1.807, 2.05) is 30.9 Å². The first-order valence-electron chi connectivity index (χ1n) is 8.69. The van der Waals surface area contributed by atoms with E-state index in [0.717, 1.165) is 45.2 Å². The zero-order chi connectivity index (χ0) is 17.1. The third kappa shape index (κ3) is 9.46. The van der Waals surface area contributed by atoms with E-state index in [1.54, 1.807) is 0 Å². The summed E-state index contributed by atoms with van der Waals surface area (Å²) in [6, 6.07) is 0. The molecule has 2 N–H and O–H groups in total. The molecule has 0 bridgehead atoms. The predicted molar refractivity (Wildman–Crippen MR) is 111 cm³/mol. The Bertz CT molecular complexity index is 462. The lowest BCUT2D eigenvalue weighted by Crippen LogP contribution is -2.39. The van der Waals surface area contributed by atoms with Crippen LogP contribution in [0.15, 0.2) is 17.4 Å². The maximum Gasteiger partial charge on any atom is 0.191 e. The van der Waals surface area contributed by atoms with Crippen molar-refractivity contribution in [1.29, 1.82) is 0 Å². The molecule has 0 aliphatic carbocycles. The van der Waals surface area contributed by atoms with E-state index in [2.05, 4.69) is 41.5 Å². The van der Waals surface area contributed by atoms with E-state index < -0.39 is 0 Å². The van der Waals surface area contributed by atoms with Crippen molar-refractivity contribution in [2.24, 2.45) is 10.9 Å². The Labute approximate surface area is 163 Å². The highest BCUT2D eigenvalue weighted by atomic mass is 127. The van der Waals surface area contributed by atoms with E-state index >= 15 is 0 Å². The van der Waals surface area contributed by atoms with Crippen molar-refractivity contribution < 1.29 is 4.74 Å². The van der Waals surface area contributed by atoms with E-state index in [0.29, 0.717) is 5.92 Å². The van der Waals surface area contributed by atoms with Crippen molar-refractivity contribution in [3.8, 4) is 0 Å². The quantitative estimate of drug-likeness (QED) is 0.326.